The van der Waals surface area contributed by atoms with E-state index in [-0.39, 0.29) is 11.5 Å². The van der Waals surface area contributed by atoms with E-state index in [0.717, 1.165) is 22.2 Å². The predicted octanol–water partition coefficient (Wildman–Crippen LogP) is 2.55. The Morgan fingerprint density at radius 3 is 2.72 bits per heavy atom. The largest absolute Gasteiger partial charge is 0.381 e. The highest BCUT2D eigenvalue weighted by atomic mass is 15.3. The van der Waals surface area contributed by atoms with Gasteiger partial charge in [-0.15, -0.1) is 0 Å². The molecule has 0 aliphatic rings. The lowest BCUT2D eigenvalue weighted by molar-refractivity contribution is 0.773. The van der Waals surface area contributed by atoms with Crippen LogP contribution in [0.3, 0.4) is 0 Å². The number of nitrogen functional groups attached to an aromatic ring is 1. The zero-order chi connectivity index (χ0) is 17.4. The minimum Gasteiger partial charge on any atom is -0.381 e. The number of rotatable bonds is 2. The molecule has 0 atom stereocenters. The van der Waals surface area contributed by atoms with Crippen molar-refractivity contribution in [2.75, 3.05) is 5.73 Å². The number of hydrogen-bond donors (Lipinski definition) is 1. The van der Waals surface area contributed by atoms with Crippen LogP contribution in [-0.4, -0.2) is 24.7 Å². The first-order valence-corrected chi connectivity index (χ1v) is 7.58. The molecule has 0 unspecified atom stereocenters. The fourth-order valence-electron chi connectivity index (χ4n) is 2.74. The van der Waals surface area contributed by atoms with Gasteiger partial charge in [0, 0.05) is 30.4 Å². The zero-order valence-corrected chi connectivity index (χ0v) is 13.4. The van der Waals surface area contributed by atoms with E-state index in [1.807, 2.05) is 49.5 Å². The first-order valence-electron chi connectivity index (χ1n) is 7.58. The van der Waals surface area contributed by atoms with Gasteiger partial charge >= 0.3 is 0 Å². The molecule has 0 bridgehead atoms. The van der Waals surface area contributed by atoms with Gasteiger partial charge in [-0.1, -0.05) is 12.1 Å². The fourth-order valence-corrected chi connectivity index (χ4v) is 2.74. The van der Waals surface area contributed by atoms with E-state index in [4.69, 9.17) is 5.73 Å². The molecule has 4 rings (SSSR count). The lowest BCUT2D eigenvalue weighted by atomic mass is 10.0. The molecule has 2 N–H and O–H groups in total. The molecule has 120 valence electrons. The number of nitriles is 1. The molecule has 3 aromatic heterocycles. The lowest BCUT2D eigenvalue weighted by Gasteiger charge is -2.11. The van der Waals surface area contributed by atoms with Crippen LogP contribution in [0.4, 0.5) is 5.82 Å². The summed E-state index contributed by atoms with van der Waals surface area (Å²) in [6.07, 6.45) is 3.43. The molecular weight excluding hydrogens is 314 g/mol. The molecule has 0 aliphatic carbocycles. The van der Waals surface area contributed by atoms with E-state index in [9.17, 15) is 5.26 Å². The highest BCUT2D eigenvalue weighted by Crippen LogP contribution is 2.31. The van der Waals surface area contributed by atoms with E-state index >= 15 is 0 Å². The van der Waals surface area contributed by atoms with Crippen molar-refractivity contribution in [2.24, 2.45) is 7.05 Å². The van der Waals surface area contributed by atoms with Crippen LogP contribution >= 0.6 is 0 Å². The van der Waals surface area contributed by atoms with Crippen LogP contribution in [-0.2, 0) is 7.05 Å². The summed E-state index contributed by atoms with van der Waals surface area (Å²) in [5.41, 5.74) is 9.65. The predicted molar refractivity (Wildman–Crippen MR) is 94.1 cm³/mol. The zero-order valence-electron chi connectivity index (χ0n) is 13.4. The standard InChI is InChI=1S/C18H13N7/c1-25-15(6-8-22-25)17-16(23-14(10-19)18(20)24-17)12-4-5-13-11(9-12)3-2-7-21-13/h2-9H,1H3,(H2,20,24). The summed E-state index contributed by atoms with van der Waals surface area (Å²) in [4.78, 5) is 13.2. The number of nitrogens with zero attached hydrogens (tertiary/aromatic N) is 6. The molecular formula is C18H13N7. The van der Waals surface area contributed by atoms with Crippen LogP contribution in [0, 0.1) is 11.3 Å². The minimum atomic E-state index is 0.102. The topological polar surface area (TPSA) is 106 Å². The summed E-state index contributed by atoms with van der Waals surface area (Å²) in [6, 6.07) is 13.5. The molecule has 4 aromatic rings. The SMILES string of the molecule is Cn1nccc1-c1nc(N)c(C#N)nc1-c1ccc2ncccc2c1. The third kappa shape index (κ3) is 2.46. The molecule has 0 aliphatic heterocycles. The number of aromatic nitrogens is 5. The molecule has 3 heterocycles. The molecule has 1 aromatic carbocycles. The molecule has 0 saturated heterocycles. The second kappa shape index (κ2) is 5.69. The Bertz CT molecular complexity index is 1140. The van der Waals surface area contributed by atoms with Crippen molar-refractivity contribution in [2.45, 2.75) is 0 Å². The molecule has 7 nitrogen and oxygen atoms in total. The van der Waals surface area contributed by atoms with Crippen molar-refractivity contribution < 1.29 is 0 Å². The number of nitrogens with two attached hydrogens (primary N) is 1. The van der Waals surface area contributed by atoms with Gasteiger partial charge in [0.2, 0.25) is 0 Å². The van der Waals surface area contributed by atoms with Crippen LogP contribution in [0.1, 0.15) is 5.69 Å². The summed E-state index contributed by atoms with van der Waals surface area (Å²) in [5, 5.41) is 14.4. The Morgan fingerprint density at radius 2 is 1.96 bits per heavy atom. The Labute approximate surface area is 143 Å². The summed E-state index contributed by atoms with van der Waals surface area (Å²) in [6.45, 7) is 0. The first kappa shape index (κ1) is 14.8. The summed E-state index contributed by atoms with van der Waals surface area (Å²) >= 11 is 0. The van der Waals surface area contributed by atoms with Gasteiger partial charge in [0.05, 0.1) is 16.9 Å². The van der Waals surface area contributed by atoms with Crippen LogP contribution in [0.5, 0.6) is 0 Å². The fraction of sp³-hybridized carbons (Fsp3) is 0.0556. The molecule has 7 heteroatoms. The Morgan fingerprint density at radius 1 is 1.08 bits per heavy atom. The molecule has 0 amide bonds. The van der Waals surface area contributed by atoms with Gasteiger partial charge in [0.15, 0.2) is 11.5 Å². The maximum absolute atomic E-state index is 9.28. The number of aryl methyl sites for hydroxylation is 1. The maximum atomic E-state index is 9.28. The number of benzene rings is 1. The van der Waals surface area contributed by atoms with E-state index in [0.29, 0.717) is 11.4 Å². The molecule has 0 fully saturated rings. The van der Waals surface area contributed by atoms with Gasteiger partial charge in [-0.3, -0.25) is 9.67 Å². The molecule has 25 heavy (non-hydrogen) atoms. The Balaban J connectivity index is 2.01. The van der Waals surface area contributed by atoms with E-state index in [2.05, 4.69) is 20.1 Å². The van der Waals surface area contributed by atoms with E-state index < -0.39 is 0 Å². The van der Waals surface area contributed by atoms with E-state index in [1.165, 1.54) is 0 Å². The number of pyridine rings is 1. The van der Waals surface area contributed by atoms with Crippen LogP contribution in [0.2, 0.25) is 0 Å². The number of hydrogen-bond acceptors (Lipinski definition) is 6. The van der Waals surface area contributed by atoms with Gasteiger partial charge in [-0.25, -0.2) is 9.97 Å². The van der Waals surface area contributed by atoms with Gasteiger partial charge in [0.1, 0.15) is 11.8 Å². The maximum Gasteiger partial charge on any atom is 0.183 e. The van der Waals surface area contributed by atoms with Gasteiger partial charge in [-0.05, 0) is 24.3 Å². The first-order chi connectivity index (χ1) is 12.2. The second-order valence-corrected chi connectivity index (χ2v) is 5.52. The van der Waals surface area contributed by atoms with Crippen LogP contribution in [0.15, 0.2) is 48.8 Å². The van der Waals surface area contributed by atoms with Crippen molar-refractivity contribution in [3.63, 3.8) is 0 Å². The lowest BCUT2D eigenvalue weighted by Crippen LogP contribution is -2.05. The molecule has 0 spiro atoms. The van der Waals surface area contributed by atoms with Crippen molar-refractivity contribution in [1.82, 2.24) is 24.7 Å². The normalized spacial score (nSPS) is 10.7. The number of fused-ring (bicyclic) bond motifs is 1. The smallest absolute Gasteiger partial charge is 0.183 e. The monoisotopic (exact) mass is 327 g/mol. The summed E-state index contributed by atoms with van der Waals surface area (Å²) < 4.78 is 1.70. The van der Waals surface area contributed by atoms with Gasteiger partial charge < -0.3 is 5.73 Å². The summed E-state index contributed by atoms with van der Waals surface area (Å²) in [5.74, 6) is 0.102. The third-order valence-corrected chi connectivity index (χ3v) is 3.97. The van der Waals surface area contributed by atoms with Crippen LogP contribution < -0.4 is 5.73 Å². The highest BCUT2D eigenvalue weighted by Gasteiger charge is 2.18. The second-order valence-electron chi connectivity index (χ2n) is 5.52. The quantitative estimate of drug-likeness (QED) is 0.606. The van der Waals surface area contributed by atoms with Gasteiger partial charge in [0.25, 0.3) is 0 Å². The van der Waals surface area contributed by atoms with E-state index in [1.54, 1.807) is 17.1 Å². The van der Waals surface area contributed by atoms with Crippen molar-refractivity contribution >= 4 is 16.7 Å². The average Bonchev–Trinajstić information content (AvgIpc) is 3.07. The van der Waals surface area contributed by atoms with Crippen molar-refractivity contribution in [1.29, 1.82) is 5.26 Å². The Kier molecular flexibility index (Phi) is 3.36. The third-order valence-electron chi connectivity index (χ3n) is 3.97. The number of anilines is 1. The highest BCUT2D eigenvalue weighted by molar-refractivity contribution is 5.87. The average molecular weight is 327 g/mol. The minimum absolute atomic E-state index is 0.102. The summed E-state index contributed by atoms with van der Waals surface area (Å²) in [7, 11) is 1.82. The van der Waals surface area contributed by atoms with Crippen molar-refractivity contribution in [3.8, 4) is 28.7 Å². The molecule has 0 radical (unpaired) electrons. The van der Waals surface area contributed by atoms with Crippen molar-refractivity contribution in [3.05, 3.63) is 54.5 Å². The van der Waals surface area contributed by atoms with Gasteiger partial charge in [-0.2, -0.15) is 10.4 Å². The Hall–Kier alpha value is -3.79. The molecule has 0 saturated carbocycles. The van der Waals surface area contributed by atoms with Crippen LogP contribution in [0.25, 0.3) is 33.5 Å².